The van der Waals surface area contributed by atoms with Crippen molar-refractivity contribution in [2.75, 3.05) is 6.54 Å². The van der Waals surface area contributed by atoms with Gasteiger partial charge >= 0.3 is 5.97 Å². The van der Waals surface area contributed by atoms with Crippen molar-refractivity contribution in [2.24, 2.45) is 5.92 Å². The first kappa shape index (κ1) is 12.3. The summed E-state index contributed by atoms with van der Waals surface area (Å²) in [6, 6.07) is 1.93. The van der Waals surface area contributed by atoms with Crippen LogP contribution in [0.3, 0.4) is 0 Å². The van der Waals surface area contributed by atoms with Crippen molar-refractivity contribution in [2.45, 2.75) is 25.9 Å². The van der Waals surface area contributed by atoms with E-state index in [0.717, 1.165) is 12.1 Å². The van der Waals surface area contributed by atoms with Crippen molar-refractivity contribution in [1.29, 1.82) is 0 Å². The molecule has 92 valence electrons. The fourth-order valence-electron chi connectivity index (χ4n) is 2.31. The van der Waals surface area contributed by atoms with Gasteiger partial charge in [-0.25, -0.2) is 0 Å². The molecule has 1 aliphatic heterocycles. The number of pyridine rings is 1. The number of aliphatic carboxylic acids is 1. The second kappa shape index (κ2) is 5.02. The number of rotatable bonds is 3. The van der Waals surface area contributed by atoms with Gasteiger partial charge in [-0.1, -0.05) is 11.6 Å². The first-order valence-electron chi connectivity index (χ1n) is 5.65. The van der Waals surface area contributed by atoms with E-state index in [2.05, 4.69) is 9.88 Å². The van der Waals surface area contributed by atoms with Crippen LogP contribution in [-0.2, 0) is 11.3 Å². The summed E-state index contributed by atoms with van der Waals surface area (Å²) in [5, 5.41) is 9.70. The molecule has 1 N–H and O–H groups in total. The first-order valence-corrected chi connectivity index (χ1v) is 6.02. The molecule has 2 rings (SSSR count). The number of halogens is 1. The van der Waals surface area contributed by atoms with Crippen LogP contribution in [0.15, 0.2) is 18.5 Å². The Morgan fingerprint density at radius 3 is 3.06 bits per heavy atom. The van der Waals surface area contributed by atoms with Gasteiger partial charge in [0.25, 0.3) is 0 Å². The normalized spacial score (nSPS) is 25.1. The second-order valence-corrected chi connectivity index (χ2v) is 4.82. The predicted molar refractivity (Wildman–Crippen MR) is 64.9 cm³/mol. The van der Waals surface area contributed by atoms with Gasteiger partial charge in [0, 0.05) is 25.0 Å². The van der Waals surface area contributed by atoms with Crippen molar-refractivity contribution >= 4 is 17.6 Å². The third-order valence-corrected chi connectivity index (χ3v) is 3.77. The van der Waals surface area contributed by atoms with Gasteiger partial charge in [0.15, 0.2) is 0 Å². The maximum Gasteiger partial charge on any atom is 0.308 e. The molecule has 2 unspecified atom stereocenters. The lowest BCUT2D eigenvalue weighted by molar-refractivity contribution is -0.142. The van der Waals surface area contributed by atoms with Gasteiger partial charge in [-0.2, -0.15) is 0 Å². The first-order chi connectivity index (χ1) is 8.09. The zero-order valence-electron chi connectivity index (χ0n) is 9.64. The van der Waals surface area contributed by atoms with E-state index in [-0.39, 0.29) is 12.0 Å². The molecule has 0 saturated carbocycles. The standard InChI is InChI=1S/C12H15ClN2O2/c1-8-10(12(16)17)3-5-15(8)7-9-2-4-14-6-11(9)13/h2,4,6,8,10H,3,5,7H2,1H3,(H,16,17). The Hall–Kier alpha value is -1.13. The topological polar surface area (TPSA) is 53.4 Å². The van der Waals surface area contributed by atoms with E-state index in [1.807, 2.05) is 13.0 Å². The molecular formula is C12H15ClN2O2. The van der Waals surface area contributed by atoms with E-state index in [4.69, 9.17) is 16.7 Å². The van der Waals surface area contributed by atoms with E-state index in [0.29, 0.717) is 18.0 Å². The second-order valence-electron chi connectivity index (χ2n) is 4.41. The van der Waals surface area contributed by atoms with Crippen LogP contribution in [0.1, 0.15) is 18.9 Å². The lowest BCUT2D eigenvalue weighted by Gasteiger charge is -2.23. The third-order valence-electron chi connectivity index (χ3n) is 3.43. The quantitative estimate of drug-likeness (QED) is 0.897. The average Bonchev–Trinajstić information content (AvgIpc) is 2.64. The van der Waals surface area contributed by atoms with Crippen LogP contribution in [-0.4, -0.2) is 33.5 Å². The summed E-state index contributed by atoms with van der Waals surface area (Å²) < 4.78 is 0. The number of carboxylic acid groups (broad SMARTS) is 1. The number of carboxylic acids is 1. The van der Waals surface area contributed by atoms with Gasteiger partial charge in [0.1, 0.15) is 0 Å². The highest BCUT2D eigenvalue weighted by Gasteiger charge is 2.35. The van der Waals surface area contributed by atoms with E-state index in [1.54, 1.807) is 12.4 Å². The predicted octanol–water partition coefficient (Wildman–Crippen LogP) is 2.03. The Kier molecular flexibility index (Phi) is 3.64. The number of nitrogens with zero attached hydrogens (tertiary/aromatic N) is 2. The lowest BCUT2D eigenvalue weighted by atomic mass is 10.0. The number of likely N-dealkylation sites (tertiary alicyclic amines) is 1. The summed E-state index contributed by atoms with van der Waals surface area (Å²) in [6.07, 6.45) is 4.03. The zero-order chi connectivity index (χ0) is 12.4. The smallest absolute Gasteiger partial charge is 0.308 e. The highest BCUT2D eigenvalue weighted by Crippen LogP contribution is 2.27. The van der Waals surface area contributed by atoms with Gasteiger partial charge < -0.3 is 5.11 Å². The molecule has 0 aliphatic carbocycles. The Bertz CT molecular complexity index is 425. The molecule has 1 fully saturated rings. The molecule has 0 aromatic carbocycles. The minimum Gasteiger partial charge on any atom is -0.481 e. The van der Waals surface area contributed by atoms with Crippen LogP contribution in [0.25, 0.3) is 0 Å². The summed E-state index contributed by atoms with van der Waals surface area (Å²) in [7, 11) is 0. The molecule has 2 heterocycles. The van der Waals surface area contributed by atoms with Crippen LogP contribution in [0.2, 0.25) is 5.02 Å². The molecule has 2 atom stereocenters. The molecule has 0 bridgehead atoms. The van der Waals surface area contributed by atoms with Gasteiger partial charge in [-0.15, -0.1) is 0 Å². The van der Waals surface area contributed by atoms with Crippen LogP contribution < -0.4 is 0 Å². The zero-order valence-corrected chi connectivity index (χ0v) is 10.4. The van der Waals surface area contributed by atoms with Gasteiger partial charge in [0.05, 0.1) is 10.9 Å². The Labute approximate surface area is 105 Å². The molecule has 0 radical (unpaired) electrons. The van der Waals surface area contributed by atoms with Crippen LogP contribution >= 0.6 is 11.6 Å². The monoisotopic (exact) mass is 254 g/mol. The van der Waals surface area contributed by atoms with Crippen molar-refractivity contribution in [3.8, 4) is 0 Å². The minimum absolute atomic E-state index is 0.0525. The molecule has 0 amide bonds. The highest BCUT2D eigenvalue weighted by molar-refractivity contribution is 6.31. The molecular weight excluding hydrogens is 240 g/mol. The van der Waals surface area contributed by atoms with Gasteiger partial charge in [-0.3, -0.25) is 14.7 Å². The van der Waals surface area contributed by atoms with Crippen molar-refractivity contribution in [1.82, 2.24) is 9.88 Å². The number of hydrogen-bond acceptors (Lipinski definition) is 3. The number of hydrogen-bond donors (Lipinski definition) is 1. The van der Waals surface area contributed by atoms with E-state index < -0.39 is 5.97 Å². The maximum atomic E-state index is 11.0. The molecule has 1 aliphatic rings. The van der Waals surface area contributed by atoms with Gasteiger partial charge in [-0.05, 0) is 31.5 Å². The average molecular weight is 255 g/mol. The maximum absolute atomic E-state index is 11.0. The summed E-state index contributed by atoms with van der Waals surface area (Å²) in [4.78, 5) is 17.1. The SMILES string of the molecule is CC1C(C(=O)O)CCN1Cc1ccncc1Cl. The molecule has 1 aromatic heterocycles. The van der Waals surface area contributed by atoms with E-state index in [1.165, 1.54) is 0 Å². The molecule has 4 nitrogen and oxygen atoms in total. The van der Waals surface area contributed by atoms with E-state index in [9.17, 15) is 4.79 Å². The largest absolute Gasteiger partial charge is 0.481 e. The summed E-state index contributed by atoms with van der Waals surface area (Å²) in [6.45, 7) is 3.45. The van der Waals surface area contributed by atoms with Crippen molar-refractivity contribution in [3.63, 3.8) is 0 Å². The molecule has 17 heavy (non-hydrogen) atoms. The fraction of sp³-hybridized carbons (Fsp3) is 0.500. The van der Waals surface area contributed by atoms with Crippen LogP contribution in [0, 0.1) is 5.92 Å². The van der Waals surface area contributed by atoms with Crippen LogP contribution in [0.4, 0.5) is 0 Å². The number of aromatic nitrogens is 1. The van der Waals surface area contributed by atoms with Gasteiger partial charge in [0.2, 0.25) is 0 Å². The van der Waals surface area contributed by atoms with E-state index >= 15 is 0 Å². The molecule has 1 aromatic rings. The fourth-order valence-corrected chi connectivity index (χ4v) is 2.49. The minimum atomic E-state index is -0.708. The van der Waals surface area contributed by atoms with Crippen molar-refractivity contribution < 1.29 is 9.90 Å². The highest BCUT2D eigenvalue weighted by atomic mass is 35.5. The molecule has 5 heteroatoms. The summed E-state index contributed by atoms with van der Waals surface area (Å²) >= 11 is 6.04. The third kappa shape index (κ3) is 2.58. The Balaban J connectivity index is 2.06. The molecule has 1 saturated heterocycles. The lowest BCUT2D eigenvalue weighted by Crippen LogP contribution is -2.32. The summed E-state index contributed by atoms with van der Waals surface area (Å²) in [5.74, 6) is -0.976. The molecule has 0 spiro atoms. The summed E-state index contributed by atoms with van der Waals surface area (Å²) in [5.41, 5.74) is 1.000. The number of carbonyl (C=O) groups is 1. The Morgan fingerprint density at radius 2 is 2.47 bits per heavy atom. The van der Waals surface area contributed by atoms with Crippen molar-refractivity contribution in [3.05, 3.63) is 29.0 Å². The van der Waals surface area contributed by atoms with Crippen LogP contribution in [0.5, 0.6) is 0 Å². The Morgan fingerprint density at radius 1 is 1.71 bits per heavy atom.